The van der Waals surface area contributed by atoms with Crippen molar-refractivity contribution in [2.45, 2.75) is 26.8 Å². The summed E-state index contributed by atoms with van der Waals surface area (Å²) in [4.78, 5) is 16.6. The zero-order chi connectivity index (χ0) is 16.9. The highest BCUT2D eigenvalue weighted by atomic mass is 16.2. The molecule has 2 aromatic carbocycles. The van der Waals surface area contributed by atoms with Crippen LogP contribution in [0.3, 0.4) is 0 Å². The molecule has 1 amide bonds. The van der Waals surface area contributed by atoms with Crippen molar-refractivity contribution >= 4 is 23.2 Å². The Morgan fingerprint density at radius 1 is 1.21 bits per heavy atom. The number of aryl methyl sites for hydroxylation is 2. The first kappa shape index (κ1) is 15.9. The number of hydrogen-bond donors (Lipinski definition) is 1. The molecule has 0 radical (unpaired) electrons. The third-order valence-corrected chi connectivity index (χ3v) is 3.94. The zero-order valence-corrected chi connectivity index (χ0v) is 13.9. The van der Waals surface area contributed by atoms with Crippen LogP contribution in [0.25, 0.3) is 11.0 Å². The van der Waals surface area contributed by atoms with Gasteiger partial charge in [-0.05, 0) is 36.6 Å². The van der Waals surface area contributed by atoms with Gasteiger partial charge in [0, 0.05) is 0 Å². The minimum absolute atomic E-state index is 0.178. The molecule has 0 aliphatic carbocycles. The fraction of sp³-hybridized carbons (Fsp3) is 0.211. The van der Waals surface area contributed by atoms with E-state index >= 15 is 0 Å². The molecule has 1 N–H and O–H groups in total. The number of fused-ring (bicyclic) bond motifs is 1. The molecule has 0 atom stereocenters. The van der Waals surface area contributed by atoms with Crippen molar-refractivity contribution in [3.63, 3.8) is 0 Å². The highest BCUT2D eigenvalue weighted by Gasteiger charge is 2.09. The molecule has 0 unspecified atom stereocenters. The Bertz CT molecular complexity index is 878. The Hall–Kier alpha value is -2.95. The van der Waals surface area contributed by atoms with E-state index in [4.69, 9.17) is 0 Å². The first-order valence-corrected chi connectivity index (χ1v) is 8.00. The molecule has 1 heterocycles. The topological polar surface area (TPSA) is 59.3 Å². The summed E-state index contributed by atoms with van der Waals surface area (Å²) in [6.45, 7) is 4.20. The quantitative estimate of drug-likeness (QED) is 0.580. The maximum Gasteiger partial charge on any atom is 0.260 e. The molecule has 5 heteroatoms. The Morgan fingerprint density at radius 3 is 2.71 bits per heavy atom. The van der Waals surface area contributed by atoms with E-state index in [-0.39, 0.29) is 12.5 Å². The van der Waals surface area contributed by atoms with Gasteiger partial charge in [-0.25, -0.2) is 10.4 Å². The van der Waals surface area contributed by atoms with Gasteiger partial charge in [0.1, 0.15) is 12.4 Å². The summed E-state index contributed by atoms with van der Waals surface area (Å²) in [5, 5.41) is 4.03. The average molecular weight is 320 g/mol. The molecule has 0 spiro atoms. The zero-order valence-electron chi connectivity index (χ0n) is 13.9. The number of para-hydroxylation sites is 2. The van der Waals surface area contributed by atoms with Crippen LogP contribution in [-0.2, 0) is 17.8 Å². The second-order valence-corrected chi connectivity index (χ2v) is 5.62. The largest absolute Gasteiger partial charge is 0.319 e. The van der Waals surface area contributed by atoms with E-state index in [2.05, 4.69) is 34.6 Å². The van der Waals surface area contributed by atoms with Crippen LogP contribution in [-0.4, -0.2) is 21.7 Å². The van der Waals surface area contributed by atoms with Crippen LogP contribution in [0.15, 0.2) is 53.6 Å². The highest BCUT2D eigenvalue weighted by molar-refractivity contribution is 5.83. The summed E-state index contributed by atoms with van der Waals surface area (Å²) in [5.41, 5.74) is 6.64. The van der Waals surface area contributed by atoms with Gasteiger partial charge in [0.2, 0.25) is 0 Å². The number of nitrogens with one attached hydrogen (secondary N) is 1. The van der Waals surface area contributed by atoms with Crippen molar-refractivity contribution in [2.24, 2.45) is 5.10 Å². The van der Waals surface area contributed by atoms with E-state index in [9.17, 15) is 4.79 Å². The van der Waals surface area contributed by atoms with Gasteiger partial charge < -0.3 is 4.57 Å². The predicted octanol–water partition coefficient (Wildman–Crippen LogP) is 3.06. The van der Waals surface area contributed by atoms with Gasteiger partial charge in [-0.2, -0.15) is 5.10 Å². The van der Waals surface area contributed by atoms with Crippen LogP contribution in [0.1, 0.15) is 23.9 Å². The molecule has 3 rings (SSSR count). The summed E-state index contributed by atoms with van der Waals surface area (Å²) in [5.74, 6) is 0.633. The molecule has 1 aromatic heterocycles. The molecule has 0 bridgehead atoms. The fourth-order valence-electron chi connectivity index (χ4n) is 2.59. The van der Waals surface area contributed by atoms with E-state index in [1.165, 1.54) is 5.56 Å². The van der Waals surface area contributed by atoms with Crippen LogP contribution in [0.5, 0.6) is 0 Å². The first-order chi connectivity index (χ1) is 11.7. The third kappa shape index (κ3) is 3.51. The molecule has 122 valence electrons. The summed E-state index contributed by atoms with van der Waals surface area (Å²) in [6.07, 6.45) is 2.66. The Kier molecular flexibility index (Phi) is 4.70. The van der Waals surface area contributed by atoms with Gasteiger partial charge >= 0.3 is 0 Å². The normalized spacial score (nSPS) is 11.2. The molecule has 0 saturated heterocycles. The van der Waals surface area contributed by atoms with Crippen molar-refractivity contribution in [3.8, 4) is 0 Å². The highest BCUT2D eigenvalue weighted by Crippen LogP contribution is 2.14. The Labute approximate surface area is 141 Å². The lowest BCUT2D eigenvalue weighted by molar-refractivity contribution is -0.121. The SMILES string of the molecule is CCc1ccc(/C=N\NC(=O)Cn2c(C)nc3ccccc32)cc1. The maximum absolute atomic E-state index is 12.1. The van der Waals surface area contributed by atoms with E-state index in [0.29, 0.717) is 0 Å². The second-order valence-electron chi connectivity index (χ2n) is 5.62. The monoisotopic (exact) mass is 320 g/mol. The van der Waals surface area contributed by atoms with Crippen molar-refractivity contribution in [1.82, 2.24) is 15.0 Å². The number of hydrogen-bond acceptors (Lipinski definition) is 3. The number of aromatic nitrogens is 2. The molecular formula is C19H20N4O. The van der Waals surface area contributed by atoms with E-state index in [1.807, 2.05) is 47.9 Å². The number of carbonyl (C=O) groups excluding carboxylic acids is 1. The average Bonchev–Trinajstić information content (AvgIpc) is 2.91. The number of rotatable bonds is 5. The number of nitrogens with zero attached hydrogens (tertiary/aromatic N) is 3. The van der Waals surface area contributed by atoms with Crippen LogP contribution in [0.4, 0.5) is 0 Å². The summed E-state index contributed by atoms with van der Waals surface area (Å²) < 4.78 is 1.89. The smallest absolute Gasteiger partial charge is 0.260 e. The van der Waals surface area contributed by atoms with Gasteiger partial charge in [-0.15, -0.1) is 0 Å². The standard InChI is InChI=1S/C19H20N4O/c1-3-15-8-10-16(11-9-15)12-20-22-19(24)13-23-14(2)21-17-6-4-5-7-18(17)23/h4-12H,3,13H2,1-2H3,(H,22,24)/b20-12-. The minimum atomic E-state index is -0.178. The van der Waals surface area contributed by atoms with Gasteiger partial charge in [0.15, 0.2) is 0 Å². The molecule has 3 aromatic rings. The van der Waals surface area contributed by atoms with E-state index < -0.39 is 0 Å². The molecule has 24 heavy (non-hydrogen) atoms. The van der Waals surface area contributed by atoms with E-state index in [1.54, 1.807) is 6.21 Å². The van der Waals surface area contributed by atoms with Crippen molar-refractivity contribution in [1.29, 1.82) is 0 Å². The summed E-state index contributed by atoms with van der Waals surface area (Å²) >= 11 is 0. The number of amides is 1. The second kappa shape index (κ2) is 7.08. The van der Waals surface area contributed by atoms with Crippen molar-refractivity contribution < 1.29 is 4.79 Å². The fourth-order valence-corrected chi connectivity index (χ4v) is 2.59. The van der Waals surface area contributed by atoms with E-state index in [0.717, 1.165) is 28.8 Å². The Balaban J connectivity index is 1.64. The molecule has 0 aliphatic heterocycles. The lowest BCUT2D eigenvalue weighted by Gasteiger charge is -2.05. The molecule has 0 fully saturated rings. The number of carbonyl (C=O) groups is 1. The van der Waals surface area contributed by atoms with Crippen LogP contribution >= 0.6 is 0 Å². The van der Waals surface area contributed by atoms with Gasteiger partial charge in [-0.3, -0.25) is 4.79 Å². The van der Waals surface area contributed by atoms with Crippen LogP contribution in [0, 0.1) is 6.92 Å². The Morgan fingerprint density at radius 2 is 1.96 bits per heavy atom. The maximum atomic E-state index is 12.1. The molecule has 0 aliphatic rings. The predicted molar refractivity (Wildman–Crippen MR) is 96.0 cm³/mol. The van der Waals surface area contributed by atoms with Gasteiger partial charge in [-0.1, -0.05) is 43.3 Å². The van der Waals surface area contributed by atoms with Crippen LogP contribution < -0.4 is 5.43 Å². The lowest BCUT2D eigenvalue weighted by Crippen LogP contribution is -2.23. The molecular weight excluding hydrogens is 300 g/mol. The number of hydrazone groups is 1. The molecule has 5 nitrogen and oxygen atoms in total. The summed E-state index contributed by atoms with van der Waals surface area (Å²) in [7, 11) is 0. The van der Waals surface area contributed by atoms with Crippen molar-refractivity contribution in [3.05, 3.63) is 65.5 Å². The van der Waals surface area contributed by atoms with Gasteiger partial charge in [0.05, 0.1) is 17.2 Å². The summed E-state index contributed by atoms with van der Waals surface area (Å²) in [6, 6.07) is 15.9. The first-order valence-electron chi connectivity index (χ1n) is 8.00. The van der Waals surface area contributed by atoms with Crippen LogP contribution in [0.2, 0.25) is 0 Å². The van der Waals surface area contributed by atoms with Gasteiger partial charge in [0.25, 0.3) is 5.91 Å². The number of imidazole rings is 1. The number of benzene rings is 2. The van der Waals surface area contributed by atoms with Crippen molar-refractivity contribution in [2.75, 3.05) is 0 Å². The minimum Gasteiger partial charge on any atom is -0.319 e. The molecule has 0 saturated carbocycles. The third-order valence-electron chi connectivity index (χ3n) is 3.94. The lowest BCUT2D eigenvalue weighted by atomic mass is 10.1.